The van der Waals surface area contributed by atoms with Crippen LogP contribution in [0.4, 0.5) is 10.5 Å². The van der Waals surface area contributed by atoms with E-state index in [0.29, 0.717) is 24.5 Å². The van der Waals surface area contributed by atoms with Crippen LogP contribution in [0.1, 0.15) is 5.56 Å². The van der Waals surface area contributed by atoms with Crippen LogP contribution in [0.15, 0.2) is 29.3 Å². The Labute approximate surface area is 127 Å². The van der Waals surface area contributed by atoms with E-state index >= 15 is 0 Å². The maximum atomic E-state index is 12.1. The van der Waals surface area contributed by atoms with Crippen molar-refractivity contribution in [2.75, 3.05) is 26.8 Å². The molecule has 1 aromatic rings. The van der Waals surface area contributed by atoms with E-state index in [-0.39, 0.29) is 18.9 Å². The van der Waals surface area contributed by atoms with Gasteiger partial charge in [-0.05, 0) is 17.7 Å². The first-order valence-corrected chi connectivity index (χ1v) is 6.63. The predicted octanol–water partition coefficient (Wildman–Crippen LogP) is 1.80. The lowest BCUT2D eigenvalue weighted by molar-refractivity contribution is -0.384. The van der Waals surface area contributed by atoms with Crippen LogP contribution in [0.25, 0.3) is 0 Å². The summed E-state index contributed by atoms with van der Waals surface area (Å²) in [6.07, 6.45) is 1.33. The fourth-order valence-corrected chi connectivity index (χ4v) is 1.92. The van der Waals surface area contributed by atoms with Gasteiger partial charge >= 0.3 is 6.09 Å². The van der Waals surface area contributed by atoms with Gasteiger partial charge < -0.3 is 9.47 Å². The molecule has 0 saturated carbocycles. The van der Waals surface area contributed by atoms with Crippen LogP contribution >= 0.6 is 0 Å². The summed E-state index contributed by atoms with van der Waals surface area (Å²) in [7, 11) is 1.53. The lowest BCUT2D eigenvalue weighted by Crippen LogP contribution is -2.43. The van der Waals surface area contributed by atoms with E-state index in [1.54, 1.807) is 12.1 Å². The fraction of sp³-hybridized carbons (Fsp3) is 0.357. The smallest absolute Gasteiger partial charge is 0.415 e. The molecule has 0 spiro atoms. The number of amides is 1. The third-order valence-corrected chi connectivity index (χ3v) is 3.03. The SMILES string of the molecule is COCC1=NC[CH]CN1C(=O)OCc1ccc([N+](=O)[O-])cc1. The molecule has 0 aromatic heterocycles. The average molecular weight is 306 g/mol. The van der Waals surface area contributed by atoms with Crippen LogP contribution < -0.4 is 0 Å². The Bertz CT molecular complexity index is 570. The first-order valence-electron chi connectivity index (χ1n) is 6.63. The zero-order valence-electron chi connectivity index (χ0n) is 12.1. The Morgan fingerprint density at radius 2 is 2.09 bits per heavy atom. The van der Waals surface area contributed by atoms with Crippen molar-refractivity contribution in [3.05, 3.63) is 46.4 Å². The Morgan fingerprint density at radius 3 is 2.73 bits per heavy atom. The van der Waals surface area contributed by atoms with Crippen molar-refractivity contribution in [1.29, 1.82) is 0 Å². The largest absolute Gasteiger partial charge is 0.444 e. The van der Waals surface area contributed by atoms with Crippen molar-refractivity contribution < 1.29 is 19.2 Å². The molecule has 0 bridgehead atoms. The lowest BCUT2D eigenvalue weighted by atomic mass is 10.2. The number of ether oxygens (including phenoxy) is 2. The van der Waals surface area contributed by atoms with Gasteiger partial charge in [0, 0.05) is 38.8 Å². The lowest BCUT2D eigenvalue weighted by Gasteiger charge is -2.26. The van der Waals surface area contributed by atoms with E-state index in [1.165, 1.54) is 24.1 Å². The molecule has 0 fully saturated rings. The summed E-state index contributed by atoms with van der Waals surface area (Å²) in [5.74, 6) is 0.527. The Kier molecular flexibility index (Phi) is 5.42. The molecule has 8 heteroatoms. The molecule has 1 aromatic carbocycles. The highest BCUT2D eigenvalue weighted by Crippen LogP contribution is 2.13. The van der Waals surface area contributed by atoms with Crippen molar-refractivity contribution in [2.45, 2.75) is 6.61 Å². The standard InChI is InChI=1S/C14H16N3O5/c1-21-10-13-15-7-2-8-16(13)14(18)22-9-11-3-5-12(6-4-11)17(19)20/h2-6H,7-10H2,1H3. The van der Waals surface area contributed by atoms with E-state index in [0.717, 1.165) is 0 Å². The molecule has 0 aliphatic carbocycles. The van der Waals surface area contributed by atoms with Crippen molar-refractivity contribution in [3.8, 4) is 0 Å². The number of nitro benzene ring substituents is 1. The molecule has 1 aliphatic heterocycles. The van der Waals surface area contributed by atoms with Gasteiger partial charge in [-0.15, -0.1) is 0 Å². The molecule has 1 amide bonds. The minimum Gasteiger partial charge on any atom is -0.444 e. The second-order valence-corrected chi connectivity index (χ2v) is 4.57. The van der Waals surface area contributed by atoms with Crippen LogP contribution in [0.5, 0.6) is 0 Å². The Hall–Kier alpha value is -2.48. The number of carbonyl (C=O) groups excluding carboxylic acids is 1. The van der Waals surface area contributed by atoms with Gasteiger partial charge in [0.1, 0.15) is 19.0 Å². The zero-order valence-corrected chi connectivity index (χ0v) is 12.1. The number of amidine groups is 1. The number of non-ortho nitro benzene ring substituents is 1. The van der Waals surface area contributed by atoms with Crippen LogP contribution in [0.2, 0.25) is 0 Å². The molecule has 1 heterocycles. The van der Waals surface area contributed by atoms with E-state index in [9.17, 15) is 14.9 Å². The van der Waals surface area contributed by atoms with Gasteiger partial charge in [-0.2, -0.15) is 0 Å². The molecule has 1 aliphatic rings. The Morgan fingerprint density at radius 1 is 1.36 bits per heavy atom. The minimum absolute atomic E-state index is 0.00442. The van der Waals surface area contributed by atoms with Crippen molar-refractivity contribution in [1.82, 2.24) is 4.90 Å². The number of nitro groups is 1. The summed E-state index contributed by atoms with van der Waals surface area (Å²) in [6, 6.07) is 5.85. The van der Waals surface area contributed by atoms with Gasteiger partial charge in [0.05, 0.1) is 4.92 Å². The van der Waals surface area contributed by atoms with E-state index in [4.69, 9.17) is 9.47 Å². The summed E-state index contributed by atoms with van der Waals surface area (Å²) in [5, 5.41) is 10.6. The molecular formula is C14H16N3O5. The summed E-state index contributed by atoms with van der Waals surface area (Å²) in [4.78, 5) is 27.8. The molecule has 22 heavy (non-hydrogen) atoms. The number of hydrogen-bond acceptors (Lipinski definition) is 6. The molecule has 1 radical (unpaired) electrons. The molecule has 0 N–H and O–H groups in total. The van der Waals surface area contributed by atoms with Gasteiger partial charge in [0.2, 0.25) is 0 Å². The van der Waals surface area contributed by atoms with Crippen LogP contribution in [-0.4, -0.2) is 48.6 Å². The van der Waals surface area contributed by atoms with Crippen molar-refractivity contribution in [3.63, 3.8) is 0 Å². The summed E-state index contributed by atoms with van der Waals surface area (Å²) in [6.45, 7) is 1.24. The Balaban J connectivity index is 1.93. The second-order valence-electron chi connectivity index (χ2n) is 4.57. The molecule has 0 atom stereocenters. The first kappa shape index (κ1) is 15.9. The first-order chi connectivity index (χ1) is 10.6. The summed E-state index contributed by atoms with van der Waals surface area (Å²) in [5.41, 5.74) is 0.667. The van der Waals surface area contributed by atoms with E-state index in [1.807, 2.05) is 6.42 Å². The number of nitrogens with zero attached hydrogens (tertiary/aromatic N) is 3. The number of benzene rings is 1. The number of hydrogen-bond donors (Lipinski definition) is 0. The normalized spacial score (nSPS) is 14.4. The highest BCUT2D eigenvalue weighted by atomic mass is 16.6. The third-order valence-electron chi connectivity index (χ3n) is 3.03. The van der Waals surface area contributed by atoms with Crippen molar-refractivity contribution >= 4 is 17.6 Å². The van der Waals surface area contributed by atoms with Gasteiger partial charge in [0.25, 0.3) is 5.69 Å². The van der Waals surface area contributed by atoms with Gasteiger partial charge in [0.15, 0.2) is 0 Å². The van der Waals surface area contributed by atoms with E-state index < -0.39 is 11.0 Å². The maximum Gasteiger partial charge on any atom is 0.415 e. The highest BCUT2D eigenvalue weighted by molar-refractivity contribution is 5.96. The summed E-state index contributed by atoms with van der Waals surface area (Å²) >= 11 is 0. The van der Waals surface area contributed by atoms with Crippen LogP contribution in [0.3, 0.4) is 0 Å². The molecule has 117 valence electrons. The van der Waals surface area contributed by atoms with Crippen molar-refractivity contribution in [2.24, 2.45) is 4.99 Å². The molecule has 2 rings (SSSR count). The molecule has 0 saturated heterocycles. The summed E-state index contributed by atoms with van der Waals surface area (Å²) < 4.78 is 10.2. The number of methoxy groups -OCH3 is 1. The number of carbonyl (C=O) groups is 1. The minimum atomic E-state index is -0.523. The maximum absolute atomic E-state index is 12.1. The monoisotopic (exact) mass is 306 g/mol. The fourth-order valence-electron chi connectivity index (χ4n) is 1.92. The van der Waals surface area contributed by atoms with E-state index in [2.05, 4.69) is 4.99 Å². The number of rotatable bonds is 5. The van der Waals surface area contributed by atoms with Gasteiger partial charge in [-0.1, -0.05) is 0 Å². The third kappa shape index (κ3) is 4.01. The molecule has 8 nitrogen and oxygen atoms in total. The second kappa shape index (κ2) is 7.51. The molecular weight excluding hydrogens is 290 g/mol. The number of aliphatic imine (C=N–C) groups is 1. The highest BCUT2D eigenvalue weighted by Gasteiger charge is 2.23. The van der Waals surface area contributed by atoms with Gasteiger partial charge in [-0.3, -0.25) is 20.0 Å². The molecule has 0 unspecified atom stereocenters. The quantitative estimate of drug-likeness (QED) is 0.610. The average Bonchev–Trinajstić information content (AvgIpc) is 2.54. The predicted molar refractivity (Wildman–Crippen MR) is 78.5 cm³/mol. The van der Waals surface area contributed by atoms with Gasteiger partial charge in [-0.25, -0.2) is 4.79 Å². The van der Waals surface area contributed by atoms with Crippen LogP contribution in [0, 0.1) is 16.5 Å². The van der Waals surface area contributed by atoms with Crippen LogP contribution in [-0.2, 0) is 16.1 Å². The zero-order chi connectivity index (χ0) is 15.9. The topological polar surface area (TPSA) is 94.3 Å².